The lowest BCUT2D eigenvalue weighted by atomic mass is 9.94. The highest BCUT2D eigenvalue weighted by molar-refractivity contribution is 9.10. The van der Waals surface area contributed by atoms with Crippen LogP contribution in [-0.4, -0.2) is 47.6 Å². The maximum Gasteiger partial charge on any atom is 0.335 e. The van der Waals surface area contributed by atoms with Gasteiger partial charge in [0.05, 0.1) is 16.1 Å². The van der Waals surface area contributed by atoms with Gasteiger partial charge in [-0.05, 0) is 31.0 Å². The Kier molecular flexibility index (Phi) is 4.18. The summed E-state index contributed by atoms with van der Waals surface area (Å²) in [6.07, 6.45) is 0.469. The number of hydrogen-bond donors (Lipinski definition) is 2. The van der Waals surface area contributed by atoms with Crippen LogP contribution in [0.25, 0.3) is 0 Å². The minimum atomic E-state index is -3.81. The van der Waals surface area contributed by atoms with E-state index in [4.69, 9.17) is 5.11 Å². The first-order valence-corrected chi connectivity index (χ1v) is 8.60. The van der Waals surface area contributed by atoms with Crippen LogP contribution in [0.2, 0.25) is 0 Å². The quantitative estimate of drug-likeness (QED) is 0.830. The summed E-state index contributed by atoms with van der Waals surface area (Å²) in [5, 5.41) is 19.0. The predicted molar refractivity (Wildman–Crippen MR) is 79.8 cm³/mol. The first-order valence-electron chi connectivity index (χ1n) is 6.37. The van der Waals surface area contributed by atoms with Crippen LogP contribution in [0.1, 0.15) is 29.3 Å². The number of rotatable bonds is 4. The van der Waals surface area contributed by atoms with Crippen molar-refractivity contribution in [3.05, 3.63) is 27.7 Å². The van der Waals surface area contributed by atoms with Crippen LogP contribution in [0.4, 0.5) is 0 Å². The van der Waals surface area contributed by atoms with Crippen molar-refractivity contribution in [1.29, 1.82) is 0 Å². The largest absolute Gasteiger partial charge is 0.478 e. The van der Waals surface area contributed by atoms with Gasteiger partial charge in [0.2, 0.25) is 10.0 Å². The third-order valence-corrected chi connectivity index (χ3v) is 6.50. The molecule has 0 atom stereocenters. The molecule has 0 radical (unpaired) electrons. The lowest BCUT2D eigenvalue weighted by Crippen LogP contribution is -2.62. The molecule has 0 aliphatic carbocycles. The fraction of sp³-hybridized carbons (Fsp3) is 0.462. The van der Waals surface area contributed by atoms with Crippen molar-refractivity contribution in [2.45, 2.75) is 30.8 Å². The third-order valence-electron chi connectivity index (χ3n) is 3.76. The molecule has 21 heavy (non-hydrogen) atoms. The molecule has 1 saturated heterocycles. The molecule has 2 N–H and O–H groups in total. The number of carboxylic acid groups (broad SMARTS) is 1. The molecule has 1 aliphatic rings. The highest BCUT2D eigenvalue weighted by atomic mass is 79.9. The number of hydrogen-bond acceptors (Lipinski definition) is 4. The second-order valence-electron chi connectivity index (χ2n) is 5.24. The molecule has 0 aromatic heterocycles. The molecule has 0 unspecified atom stereocenters. The molecule has 2 rings (SSSR count). The number of nitrogens with zero attached hydrogens (tertiary/aromatic N) is 1. The normalized spacial score (nSPS) is 18.3. The van der Waals surface area contributed by atoms with Gasteiger partial charge >= 0.3 is 5.97 Å². The number of carbonyl (C=O) groups is 1. The summed E-state index contributed by atoms with van der Waals surface area (Å²) < 4.78 is 26.7. The van der Waals surface area contributed by atoms with Crippen molar-refractivity contribution in [2.24, 2.45) is 0 Å². The minimum absolute atomic E-state index is 0.0280. The van der Waals surface area contributed by atoms with E-state index in [9.17, 15) is 18.3 Å². The first kappa shape index (κ1) is 16.4. The van der Waals surface area contributed by atoms with E-state index in [2.05, 4.69) is 15.9 Å². The predicted octanol–water partition coefficient (Wildman–Crippen LogP) is 1.60. The summed E-state index contributed by atoms with van der Waals surface area (Å²) in [6.45, 7) is 3.45. The Morgan fingerprint density at radius 2 is 2.00 bits per heavy atom. The maximum absolute atomic E-state index is 12.6. The molecule has 0 amide bonds. The topological polar surface area (TPSA) is 94.9 Å². The zero-order valence-electron chi connectivity index (χ0n) is 11.6. The smallest absolute Gasteiger partial charge is 0.335 e. The molecule has 1 aliphatic heterocycles. The number of aliphatic hydroxyl groups is 1. The van der Waals surface area contributed by atoms with Crippen LogP contribution < -0.4 is 0 Å². The van der Waals surface area contributed by atoms with Gasteiger partial charge in [0.1, 0.15) is 0 Å². The maximum atomic E-state index is 12.6. The summed E-state index contributed by atoms with van der Waals surface area (Å²) in [6, 6.07) is 2.52. The van der Waals surface area contributed by atoms with Crippen molar-refractivity contribution in [3.63, 3.8) is 0 Å². The number of sulfonamides is 1. The average Bonchev–Trinajstić information content (AvgIpc) is 2.37. The van der Waals surface area contributed by atoms with E-state index < -0.39 is 21.6 Å². The summed E-state index contributed by atoms with van der Waals surface area (Å²) in [5.41, 5.74) is -0.632. The Hall–Kier alpha value is -0.960. The van der Waals surface area contributed by atoms with Crippen molar-refractivity contribution >= 4 is 31.9 Å². The van der Waals surface area contributed by atoms with E-state index >= 15 is 0 Å². The molecule has 116 valence electrons. The molecule has 0 bridgehead atoms. The summed E-state index contributed by atoms with van der Waals surface area (Å²) in [5.74, 6) is -1.19. The number of halogens is 1. The molecule has 1 aromatic rings. The van der Waals surface area contributed by atoms with E-state index in [1.54, 1.807) is 13.8 Å². The number of carboxylic acids is 1. The molecule has 1 aromatic carbocycles. The van der Waals surface area contributed by atoms with Crippen LogP contribution in [0.5, 0.6) is 0 Å². The summed E-state index contributed by atoms with van der Waals surface area (Å²) >= 11 is 3.19. The van der Waals surface area contributed by atoms with Gasteiger partial charge in [0.15, 0.2) is 0 Å². The summed E-state index contributed by atoms with van der Waals surface area (Å²) in [4.78, 5) is 11.0. The Labute approximate surface area is 131 Å². The van der Waals surface area contributed by atoms with Crippen LogP contribution in [0.3, 0.4) is 0 Å². The third kappa shape index (κ3) is 2.85. The van der Waals surface area contributed by atoms with Crippen LogP contribution >= 0.6 is 15.9 Å². The molecule has 8 heteroatoms. The van der Waals surface area contributed by atoms with E-state index in [1.807, 2.05) is 0 Å². The minimum Gasteiger partial charge on any atom is -0.478 e. The molecular weight excluding hydrogens is 362 g/mol. The molecule has 1 heterocycles. The Morgan fingerprint density at radius 3 is 2.48 bits per heavy atom. The molecule has 1 fully saturated rings. The standard InChI is InChI=1S/C13H16BrNO5S/c1-3-13(18)6-15(7-13)21(19,20)11-5-9(12(16)17)4-10(14)8(11)2/h4-5,18H,3,6-7H2,1-2H3,(H,16,17). The Morgan fingerprint density at radius 1 is 1.43 bits per heavy atom. The zero-order chi connectivity index (χ0) is 16.0. The molecular formula is C13H16BrNO5S. The first-order chi connectivity index (χ1) is 9.60. The van der Waals surface area contributed by atoms with Crippen molar-refractivity contribution < 1.29 is 23.4 Å². The van der Waals surface area contributed by atoms with Gasteiger partial charge in [-0.3, -0.25) is 0 Å². The van der Waals surface area contributed by atoms with Gasteiger partial charge in [-0.15, -0.1) is 0 Å². The van der Waals surface area contributed by atoms with Gasteiger partial charge < -0.3 is 10.2 Å². The SMILES string of the molecule is CCC1(O)CN(S(=O)(=O)c2cc(C(=O)O)cc(Br)c2C)C1. The highest BCUT2D eigenvalue weighted by Crippen LogP contribution is 2.34. The van der Waals surface area contributed by atoms with E-state index in [-0.39, 0.29) is 23.5 Å². The van der Waals surface area contributed by atoms with Crippen LogP contribution in [0.15, 0.2) is 21.5 Å². The fourth-order valence-electron chi connectivity index (χ4n) is 2.19. The van der Waals surface area contributed by atoms with Crippen LogP contribution in [-0.2, 0) is 10.0 Å². The molecule has 6 nitrogen and oxygen atoms in total. The molecule has 0 saturated carbocycles. The van der Waals surface area contributed by atoms with Gasteiger partial charge in [0, 0.05) is 17.6 Å². The Balaban J connectivity index is 2.44. The Bertz CT molecular complexity index is 695. The van der Waals surface area contributed by atoms with Crippen molar-refractivity contribution in [3.8, 4) is 0 Å². The number of aromatic carboxylic acids is 1. The van der Waals surface area contributed by atoms with Gasteiger partial charge in [0.25, 0.3) is 0 Å². The summed E-state index contributed by atoms with van der Waals surface area (Å²) in [7, 11) is -3.81. The second kappa shape index (κ2) is 5.35. The van der Waals surface area contributed by atoms with Gasteiger partial charge in [-0.1, -0.05) is 22.9 Å². The lowest BCUT2D eigenvalue weighted by Gasteiger charge is -2.45. The fourth-order valence-corrected chi connectivity index (χ4v) is 4.65. The van der Waals surface area contributed by atoms with E-state index in [0.717, 1.165) is 10.4 Å². The van der Waals surface area contributed by atoms with Crippen molar-refractivity contribution in [1.82, 2.24) is 4.31 Å². The van der Waals surface area contributed by atoms with Crippen molar-refractivity contribution in [2.75, 3.05) is 13.1 Å². The van der Waals surface area contributed by atoms with E-state index in [0.29, 0.717) is 16.5 Å². The van der Waals surface area contributed by atoms with E-state index in [1.165, 1.54) is 6.07 Å². The monoisotopic (exact) mass is 377 g/mol. The second-order valence-corrected chi connectivity index (χ2v) is 8.00. The molecule has 0 spiro atoms. The van der Waals surface area contributed by atoms with Crippen LogP contribution in [0, 0.1) is 6.92 Å². The average molecular weight is 378 g/mol. The number of benzene rings is 1. The lowest BCUT2D eigenvalue weighted by molar-refractivity contribution is -0.0613. The van der Waals surface area contributed by atoms with Gasteiger partial charge in [-0.25, -0.2) is 13.2 Å². The zero-order valence-corrected chi connectivity index (χ0v) is 14.0. The van der Waals surface area contributed by atoms with Gasteiger partial charge in [-0.2, -0.15) is 4.31 Å². The highest BCUT2D eigenvalue weighted by Gasteiger charge is 2.46. The number of β-amino-alcohol motifs (C(OH)–C–C–N with tert-alkyl or cyclic N) is 1.